The molecule has 2 unspecified atom stereocenters. The van der Waals surface area contributed by atoms with Gasteiger partial charge in [0, 0.05) is 24.3 Å². The van der Waals surface area contributed by atoms with Gasteiger partial charge in [0.25, 0.3) is 5.91 Å². The van der Waals surface area contributed by atoms with Gasteiger partial charge in [0.05, 0.1) is 19.3 Å². The van der Waals surface area contributed by atoms with Gasteiger partial charge in [0.1, 0.15) is 6.04 Å². The van der Waals surface area contributed by atoms with Crippen molar-refractivity contribution < 1.29 is 14.3 Å². The molecule has 1 aliphatic heterocycles. The van der Waals surface area contributed by atoms with Crippen molar-refractivity contribution in [1.29, 1.82) is 0 Å². The average Bonchev–Trinajstić information content (AvgIpc) is 2.75. The van der Waals surface area contributed by atoms with E-state index in [1.165, 1.54) is 0 Å². The number of benzene rings is 2. The highest BCUT2D eigenvalue weighted by Gasteiger charge is 2.19. The van der Waals surface area contributed by atoms with Crippen LogP contribution in [0.4, 0.5) is 5.69 Å². The van der Waals surface area contributed by atoms with E-state index < -0.39 is 6.04 Å². The first-order valence-electron chi connectivity index (χ1n) is 9.63. The lowest BCUT2D eigenvalue weighted by Crippen LogP contribution is -2.45. The molecule has 3 rings (SSSR count). The Kier molecular flexibility index (Phi) is 6.66. The molecule has 2 amide bonds. The van der Waals surface area contributed by atoms with Crippen molar-refractivity contribution in [2.45, 2.75) is 25.9 Å². The van der Waals surface area contributed by atoms with Gasteiger partial charge in [-0.3, -0.25) is 9.59 Å². The number of carbonyl (C=O) groups is 2. The molecule has 1 fully saturated rings. The normalized spacial score (nSPS) is 16.1. The van der Waals surface area contributed by atoms with Crippen molar-refractivity contribution in [2.75, 3.05) is 31.2 Å². The van der Waals surface area contributed by atoms with Crippen molar-refractivity contribution in [3.05, 3.63) is 65.7 Å². The van der Waals surface area contributed by atoms with Crippen LogP contribution in [0.1, 0.15) is 35.8 Å². The summed E-state index contributed by atoms with van der Waals surface area (Å²) in [5.74, 6) is -0.472. The number of ether oxygens (including phenoxy) is 1. The highest BCUT2D eigenvalue weighted by atomic mass is 16.5. The molecular formula is C22H27N3O3. The molecule has 28 heavy (non-hydrogen) atoms. The number of hydrogen-bond acceptors (Lipinski definition) is 4. The number of nitrogens with one attached hydrogen (secondary N) is 2. The van der Waals surface area contributed by atoms with Crippen LogP contribution in [0.25, 0.3) is 0 Å². The first-order chi connectivity index (χ1) is 13.5. The standard InChI is InChI=1S/C22H27N3O3/c1-16(18-8-10-20(11-9-18)25-12-14-28-15-13-25)23-21(26)17(2)24-22(27)19-6-4-3-5-7-19/h3-11,16-17H,12-15H2,1-2H3,(H,23,26)(H,24,27). The van der Waals surface area contributed by atoms with Gasteiger partial charge in [-0.05, 0) is 43.7 Å². The van der Waals surface area contributed by atoms with Crippen LogP contribution in [0.15, 0.2) is 54.6 Å². The van der Waals surface area contributed by atoms with Crippen LogP contribution in [0.3, 0.4) is 0 Å². The van der Waals surface area contributed by atoms with Crippen LogP contribution in [0, 0.1) is 0 Å². The summed E-state index contributed by atoms with van der Waals surface area (Å²) >= 11 is 0. The minimum absolute atomic E-state index is 0.151. The fourth-order valence-corrected chi connectivity index (χ4v) is 3.15. The summed E-state index contributed by atoms with van der Waals surface area (Å²) in [5.41, 5.74) is 2.72. The van der Waals surface area contributed by atoms with Crippen LogP contribution in [-0.4, -0.2) is 44.2 Å². The van der Waals surface area contributed by atoms with Crippen molar-refractivity contribution in [3.8, 4) is 0 Å². The molecule has 0 aromatic heterocycles. The molecule has 2 N–H and O–H groups in total. The fourth-order valence-electron chi connectivity index (χ4n) is 3.15. The van der Waals surface area contributed by atoms with E-state index in [4.69, 9.17) is 4.74 Å². The quantitative estimate of drug-likeness (QED) is 0.807. The first kappa shape index (κ1) is 19.9. The molecular weight excluding hydrogens is 354 g/mol. The van der Waals surface area contributed by atoms with E-state index in [9.17, 15) is 9.59 Å². The Morgan fingerprint density at radius 1 is 0.929 bits per heavy atom. The average molecular weight is 381 g/mol. The van der Waals surface area contributed by atoms with Gasteiger partial charge in [-0.1, -0.05) is 30.3 Å². The third-order valence-electron chi connectivity index (χ3n) is 4.90. The molecule has 0 spiro atoms. The second-order valence-corrected chi connectivity index (χ2v) is 6.98. The molecule has 0 radical (unpaired) electrons. The van der Waals surface area contributed by atoms with Crippen LogP contribution >= 0.6 is 0 Å². The van der Waals surface area contributed by atoms with Crippen molar-refractivity contribution in [2.24, 2.45) is 0 Å². The van der Waals surface area contributed by atoms with E-state index in [1.54, 1.807) is 31.2 Å². The van der Waals surface area contributed by atoms with E-state index in [-0.39, 0.29) is 17.9 Å². The van der Waals surface area contributed by atoms with Crippen LogP contribution in [0.5, 0.6) is 0 Å². The molecule has 6 heteroatoms. The zero-order valence-electron chi connectivity index (χ0n) is 16.4. The summed E-state index contributed by atoms with van der Waals surface area (Å²) < 4.78 is 5.39. The minimum Gasteiger partial charge on any atom is -0.378 e. The number of morpholine rings is 1. The number of amides is 2. The SMILES string of the molecule is CC(NC(=O)c1ccccc1)C(=O)NC(C)c1ccc(N2CCOCC2)cc1. The second-order valence-electron chi connectivity index (χ2n) is 6.98. The summed E-state index contributed by atoms with van der Waals surface area (Å²) in [6, 6.07) is 16.3. The Balaban J connectivity index is 1.53. The summed E-state index contributed by atoms with van der Waals surface area (Å²) in [7, 11) is 0. The van der Waals surface area contributed by atoms with Crippen molar-refractivity contribution in [3.63, 3.8) is 0 Å². The smallest absolute Gasteiger partial charge is 0.251 e. The zero-order chi connectivity index (χ0) is 19.9. The topological polar surface area (TPSA) is 70.7 Å². The third kappa shape index (κ3) is 5.10. The summed E-state index contributed by atoms with van der Waals surface area (Å²) in [6.07, 6.45) is 0. The Bertz CT molecular complexity index is 786. The molecule has 2 atom stereocenters. The van der Waals surface area contributed by atoms with E-state index >= 15 is 0 Å². The van der Waals surface area contributed by atoms with E-state index in [1.807, 2.05) is 25.1 Å². The minimum atomic E-state index is -0.622. The monoisotopic (exact) mass is 381 g/mol. The van der Waals surface area contributed by atoms with Crippen molar-refractivity contribution in [1.82, 2.24) is 10.6 Å². The first-order valence-corrected chi connectivity index (χ1v) is 9.63. The molecule has 0 saturated carbocycles. The summed E-state index contributed by atoms with van der Waals surface area (Å²) in [4.78, 5) is 26.9. The zero-order valence-corrected chi connectivity index (χ0v) is 16.4. The molecule has 1 saturated heterocycles. The Hall–Kier alpha value is -2.86. The predicted octanol–water partition coefficient (Wildman–Crippen LogP) is 2.52. The molecule has 6 nitrogen and oxygen atoms in total. The van der Waals surface area contributed by atoms with Gasteiger partial charge in [-0.25, -0.2) is 0 Å². The van der Waals surface area contributed by atoms with E-state index in [2.05, 4.69) is 27.7 Å². The number of nitrogens with zero attached hydrogens (tertiary/aromatic N) is 1. The van der Waals surface area contributed by atoms with Gasteiger partial charge < -0.3 is 20.3 Å². The molecule has 2 aromatic rings. The summed E-state index contributed by atoms with van der Waals surface area (Å²) in [5, 5.41) is 5.70. The highest BCUT2D eigenvalue weighted by molar-refractivity contribution is 5.97. The van der Waals surface area contributed by atoms with Gasteiger partial charge in [-0.2, -0.15) is 0 Å². The molecule has 0 aliphatic carbocycles. The van der Waals surface area contributed by atoms with Crippen LogP contribution in [-0.2, 0) is 9.53 Å². The lowest BCUT2D eigenvalue weighted by atomic mass is 10.1. The number of carbonyl (C=O) groups excluding carboxylic acids is 2. The number of hydrogen-bond donors (Lipinski definition) is 2. The molecule has 2 aromatic carbocycles. The molecule has 1 aliphatic rings. The largest absolute Gasteiger partial charge is 0.378 e. The Labute approximate surface area is 165 Å². The molecule has 148 valence electrons. The second kappa shape index (κ2) is 9.37. The maximum absolute atomic E-state index is 12.5. The van der Waals surface area contributed by atoms with Crippen LogP contribution in [0.2, 0.25) is 0 Å². The molecule has 1 heterocycles. The highest BCUT2D eigenvalue weighted by Crippen LogP contribution is 2.20. The van der Waals surface area contributed by atoms with E-state index in [0.717, 1.165) is 37.6 Å². The number of anilines is 1. The van der Waals surface area contributed by atoms with Crippen molar-refractivity contribution >= 4 is 17.5 Å². The number of rotatable bonds is 6. The lowest BCUT2D eigenvalue weighted by Gasteiger charge is -2.29. The Morgan fingerprint density at radius 3 is 2.21 bits per heavy atom. The maximum atomic E-state index is 12.5. The Morgan fingerprint density at radius 2 is 1.57 bits per heavy atom. The van der Waals surface area contributed by atoms with Gasteiger partial charge >= 0.3 is 0 Å². The third-order valence-corrected chi connectivity index (χ3v) is 4.90. The van der Waals surface area contributed by atoms with Crippen LogP contribution < -0.4 is 15.5 Å². The predicted molar refractivity (Wildman–Crippen MR) is 109 cm³/mol. The fraction of sp³-hybridized carbons (Fsp3) is 0.364. The van der Waals surface area contributed by atoms with Gasteiger partial charge in [0.15, 0.2) is 0 Å². The van der Waals surface area contributed by atoms with Gasteiger partial charge in [0.2, 0.25) is 5.91 Å². The van der Waals surface area contributed by atoms with Gasteiger partial charge in [-0.15, -0.1) is 0 Å². The molecule has 0 bridgehead atoms. The lowest BCUT2D eigenvalue weighted by molar-refractivity contribution is -0.123. The van der Waals surface area contributed by atoms with E-state index in [0.29, 0.717) is 5.56 Å². The summed E-state index contributed by atoms with van der Waals surface area (Å²) in [6.45, 7) is 6.91. The maximum Gasteiger partial charge on any atom is 0.251 e.